The zero-order valence-electron chi connectivity index (χ0n) is 17.6. The van der Waals surface area contributed by atoms with Crippen LogP contribution in [0.15, 0.2) is 72.8 Å². The number of aryl methyl sites for hydroxylation is 2. The largest absolute Gasteiger partial charge is 0.483 e. The molecular formula is C26H29NO2. The van der Waals surface area contributed by atoms with Gasteiger partial charge in [0.2, 0.25) is 0 Å². The minimum Gasteiger partial charge on any atom is -0.483 e. The molecule has 29 heavy (non-hydrogen) atoms. The van der Waals surface area contributed by atoms with Gasteiger partial charge in [-0.3, -0.25) is 4.79 Å². The van der Waals surface area contributed by atoms with E-state index in [1.807, 2.05) is 55.5 Å². The van der Waals surface area contributed by atoms with Crippen LogP contribution in [0.4, 0.5) is 0 Å². The molecular weight excluding hydrogens is 358 g/mol. The molecule has 0 spiro atoms. The fraction of sp³-hybridized carbons (Fsp3) is 0.269. The zero-order chi connectivity index (χ0) is 20.8. The number of benzene rings is 3. The number of hydrogen-bond donors (Lipinski definition) is 1. The SMILES string of the molecule is Cc1cccc([C@@H](NC(=O)COc2cc(C)ccc2C(C)C)c2ccccc2)c1. The van der Waals surface area contributed by atoms with E-state index in [0.717, 1.165) is 33.6 Å². The lowest BCUT2D eigenvalue weighted by atomic mass is 9.97. The first kappa shape index (κ1) is 20.7. The summed E-state index contributed by atoms with van der Waals surface area (Å²) in [6, 6.07) is 24.2. The molecule has 0 radical (unpaired) electrons. The van der Waals surface area contributed by atoms with E-state index >= 15 is 0 Å². The number of nitrogens with one attached hydrogen (secondary N) is 1. The summed E-state index contributed by atoms with van der Waals surface area (Å²) < 4.78 is 5.93. The van der Waals surface area contributed by atoms with Crippen LogP contribution in [-0.4, -0.2) is 12.5 Å². The lowest BCUT2D eigenvalue weighted by Crippen LogP contribution is -2.33. The maximum atomic E-state index is 12.8. The number of carbonyl (C=O) groups excluding carboxylic acids is 1. The molecule has 0 fully saturated rings. The van der Waals surface area contributed by atoms with Crippen molar-refractivity contribution in [2.45, 2.75) is 39.7 Å². The Bertz CT molecular complexity index is 963. The van der Waals surface area contributed by atoms with Crippen LogP contribution in [0.2, 0.25) is 0 Å². The summed E-state index contributed by atoms with van der Waals surface area (Å²) in [6.07, 6.45) is 0. The molecule has 0 aliphatic rings. The highest BCUT2D eigenvalue weighted by Gasteiger charge is 2.18. The highest BCUT2D eigenvalue weighted by molar-refractivity contribution is 5.78. The molecule has 0 saturated heterocycles. The van der Waals surface area contributed by atoms with Crippen molar-refractivity contribution in [3.63, 3.8) is 0 Å². The molecule has 1 amide bonds. The predicted molar refractivity (Wildman–Crippen MR) is 118 cm³/mol. The van der Waals surface area contributed by atoms with Gasteiger partial charge in [-0.05, 0) is 48.1 Å². The lowest BCUT2D eigenvalue weighted by Gasteiger charge is -2.21. The Morgan fingerprint density at radius 1 is 0.862 bits per heavy atom. The maximum Gasteiger partial charge on any atom is 0.258 e. The van der Waals surface area contributed by atoms with Gasteiger partial charge in [-0.25, -0.2) is 0 Å². The number of hydrogen-bond acceptors (Lipinski definition) is 2. The maximum absolute atomic E-state index is 12.8. The fourth-order valence-electron chi connectivity index (χ4n) is 3.44. The summed E-state index contributed by atoms with van der Waals surface area (Å²) in [5.74, 6) is 0.969. The molecule has 0 bridgehead atoms. The monoisotopic (exact) mass is 387 g/mol. The highest BCUT2D eigenvalue weighted by atomic mass is 16.5. The van der Waals surface area contributed by atoms with E-state index in [9.17, 15) is 4.79 Å². The molecule has 3 nitrogen and oxygen atoms in total. The lowest BCUT2D eigenvalue weighted by molar-refractivity contribution is -0.123. The molecule has 0 saturated carbocycles. The molecule has 3 rings (SSSR count). The van der Waals surface area contributed by atoms with Crippen LogP contribution >= 0.6 is 0 Å². The van der Waals surface area contributed by atoms with E-state index in [2.05, 4.69) is 50.4 Å². The molecule has 3 heteroatoms. The molecule has 0 unspecified atom stereocenters. The molecule has 3 aromatic rings. The van der Waals surface area contributed by atoms with Gasteiger partial charge in [0.05, 0.1) is 6.04 Å². The Labute approximate surface area is 173 Å². The Morgan fingerprint density at radius 2 is 1.55 bits per heavy atom. The van der Waals surface area contributed by atoms with Crippen molar-refractivity contribution in [2.75, 3.05) is 6.61 Å². The molecule has 0 aliphatic heterocycles. The van der Waals surface area contributed by atoms with Gasteiger partial charge >= 0.3 is 0 Å². The van der Waals surface area contributed by atoms with Gasteiger partial charge in [0.25, 0.3) is 5.91 Å². The summed E-state index contributed by atoms with van der Waals surface area (Å²) in [6.45, 7) is 8.32. The number of rotatable bonds is 7. The highest BCUT2D eigenvalue weighted by Crippen LogP contribution is 2.28. The summed E-state index contributed by atoms with van der Waals surface area (Å²) in [4.78, 5) is 12.8. The molecule has 3 aromatic carbocycles. The zero-order valence-corrected chi connectivity index (χ0v) is 17.6. The first-order chi connectivity index (χ1) is 13.9. The predicted octanol–water partition coefficient (Wildman–Crippen LogP) is 5.71. The number of amides is 1. The van der Waals surface area contributed by atoms with Gasteiger partial charge < -0.3 is 10.1 Å². The Balaban J connectivity index is 1.77. The van der Waals surface area contributed by atoms with Crippen molar-refractivity contribution in [1.82, 2.24) is 5.32 Å². The van der Waals surface area contributed by atoms with E-state index in [1.54, 1.807) is 0 Å². The summed E-state index contributed by atoms with van der Waals surface area (Å²) in [5, 5.41) is 3.15. The molecule has 1 N–H and O–H groups in total. The van der Waals surface area contributed by atoms with Gasteiger partial charge in [0.1, 0.15) is 5.75 Å². The van der Waals surface area contributed by atoms with E-state index in [1.165, 1.54) is 0 Å². The van der Waals surface area contributed by atoms with Crippen molar-refractivity contribution in [3.8, 4) is 5.75 Å². The molecule has 0 aromatic heterocycles. The standard InChI is InChI=1S/C26H29NO2/c1-18(2)23-14-13-20(4)16-24(23)29-17-25(28)27-26(21-10-6-5-7-11-21)22-12-8-9-19(3)15-22/h5-16,18,26H,17H2,1-4H3,(H,27,28)/t26-/m0/s1. The van der Waals surface area contributed by atoms with Crippen LogP contribution in [0.25, 0.3) is 0 Å². The number of carbonyl (C=O) groups is 1. The van der Waals surface area contributed by atoms with E-state index in [0.29, 0.717) is 5.92 Å². The Kier molecular flexibility index (Phi) is 6.71. The quantitative estimate of drug-likeness (QED) is 0.564. The van der Waals surface area contributed by atoms with Crippen LogP contribution < -0.4 is 10.1 Å². The van der Waals surface area contributed by atoms with Gasteiger partial charge in [-0.15, -0.1) is 0 Å². The molecule has 0 heterocycles. The second-order valence-corrected chi connectivity index (χ2v) is 7.81. The van der Waals surface area contributed by atoms with Crippen LogP contribution in [0.1, 0.15) is 53.6 Å². The van der Waals surface area contributed by atoms with Crippen LogP contribution in [0.5, 0.6) is 5.75 Å². The van der Waals surface area contributed by atoms with Crippen molar-refractivity contribution >= 4 is 5.91 Å². The summed E-state index contributed by atoms with van der Waals surface area (Å²) in [7, 11) is 0. The smallest absolute Gasteiger partial charge is 0.258 e. The van der Waals surface area contributed by atoms with E-state index in [-0.39, 0.29) is 18.6 Å². The average Bonchev–Trinajstić information content (AvgIpc) is 2.71. The third-order valence-electron chi connectivity index (χ3n) is 4.96. The fourth-order valence-corrected chi connectivity index (χ4v) is 3.44. The second-order valence-electron chi connectivity index (χ2n) is 7.81. The average molecular weight is 388 g/mol. The second kappa shape index (κ2) is 9.42. The Morgan fingerprint density at radius 3 is 2.24 bits per heavy atom. The van der Waals surface area contributed by atoms with Gasteiger partial charge in [-0.1, -0.05) is 86.1 Å². The van der Waals surface area contributed by atoms with Gasteiger partial charge in [0.15, 0.2) is 6.61 Å². The van der Waals surface area contributed by atoms with Crippen molar-refractivity contribution in [3.05, 3.63) is 101 Å². The number of ether oxygens (including phenoxy) is 1. The minimum atomic E-state index is -0.214. The van der Waals surface area contributed by atoms with Crippen molar-refractivity contribution in [2.24, 2.45) is 0 Å². The minimum absolute atomic E-state index is 0.0156. The first-order valence-electron chi connectivity index (χ1n) is 10.1. The molecule has 0 aliphatic carbocycles. The van der Waals surface area contributed by atoms with Gasteiger partial charge in [0, 0.05) is 0 Å². The summed E-state index contributed by atoms with van der Waals surface area (Å²) >= 11 is 0. The van der Waals surface area contributed by atoms with Crippen molar-refractivity contribution < 1.29 is 9.53 Å². The van der Waals surface area contributed by atoms with E-state index < -0.39 is 0 Å². The van der Waals surface area contributed by atoms with Crippen LogP contribution in [0, 0.1) is 13.8 Å². The van der Waals surface area contributed by atoms with Crippen LogP contribution in [-0.2, 0) is 4.79 Å². The van der Waals surface area contributed by atoms with E-state index in [4.69, 9.17) is 4.74 Å². The van der Waals surface area contributed by atoms with Crippen LogP contribution in [0.3, 0.4) is 0 Å². The third kappa shape index (κ3) is 5.47. The molecule has 1 atom stereocenters. The summed E-state index contributed by atoms with van der Waals surface area (Å²) in [5.41, 5.74) is 5.50. The topological polar surface area (TPSA) is 38.3 Å². The Hall–Kier alpha value is -3.07. The first-order valence-corrected chi connectivity index (χ1v) is 10.1. The molecule has 150 valence electrons. The normalized spacial score (nSPS) is 11.9. The van der Waals surface area contributed by atoms with Gasteiger partial charge in [-0.2, -0.15) is 0 Å². The third-order valence-corrected chi connectivity index (χ3v) is 4.96. The van der Waals surface area contributed by atoms with Crippen molar-refractivity contribution in [1.29, 1.82) is 0 Å².